The van der Waals surface area contributed by atoms with Crippen molar-refractivity contribution >= 4 is 17.4 Å². The van der Waals surface area contributed by atoms with Crippen molar-refractivity contribution in [1.29, 1.82) is 0 Å². The number of carbonyl (C=O) groups is 1. The maximum absolute atomic E-state index is 10.7. The molecule has 0 bridgehead atoms. The average Bonchev–Trinajstić information content (AvgIpc) is 2.79. The summed E-state index contributed by atoms with van der Waals surface area (Å²) in [5, 5.41) is 21.2. The van der Waals surface area contributed by atoms with Crippen molar-refractivity contribution in [2.45, 2.75) is 39.0 Å². The van der Waals surface area contributed by atoms with Crippen molar-refractivity contribution < 1.29 is 15.1 Å². The van der Waals surface area contributed by atoms with Crippen LogP contribution in [0.2, 0.25) is 0 Å². The van der Waals surface area contributed by atoms with Crippen LogP contribution in [0.4, 0.5) is 5.69 Å². The quantitative estimate of drug-likeness (QED) is 0.259. The summed E-state index contributed by atoms with van der Waals surface area (Å²) in [7, 11) is 0. The molecule has 3 rings (SSSR count). The number of anilines is 1. The van der Waals surface area contributed by atoms with Gasteiger partial charge >= 0.3 is 5.97 Å². The minimum atomic E-state index is -0.894. The van der Waals surface area contributed by atoms with Crippen LogP contribution in [0.5, 0.6) is 0 Å². The molecule has 1 heterocycles. The van der Waals surface area contributed by atoms with Crippen LogP contribution in [0.25, 0.3) is 0 Å². The number of unbranched alkanes of at least 4 members (excludes halogenated alkanes) is 1. The average molecular weight is 424 g/mol. The topological polar surface area (TPSA) is 76.4 Å². The van der Waals surface area contributed by atoms with E-state index in [0.29, 0.717) is 5.71 Å². The Kier molecular flexibility index (Phi) is 8.47. The summed E-state index contributed by atoms with van der Waals surface area (Å²) in [5.41, 5.74) is 5.07. The van der Waals surface area contributed by atoms with Gasteiger partial charge in [-0.25, -0.2) is 0 Å². The minimum Gasteiger partial charge on any atom is -0.481 e. The Morgan fingerprint density at radius 2 is 1.61 bits per heavy atom. The van der Waals surface area contributed by atoms with E-state index in [-0.39, 0.29) is 12.8 Å². The first-order valence-corrected chi connectivity index (χ1v) is 11.1. The number of carboxylic acid groups (broad SMARTS) is 1. The number of hydrogen-bond acceptors (Lipinski definition) is 5. The van der Waals surface area contributed by atoms with Gasteiger partial charge in [-0.15, -0.1) is 0 Å². The van der Waals surface area contributed by atoms with Crippen molar-refractivity contribution in [2.24, 2.45) is 5.16 Å². The fraction of sp³-hybridized carbons (Fsp3) is 0.440. The van der Waals surface area contributed by atoms with Crippen LogP contribution >= 0.6 is 0 Å². The smallest absolute Gasteiger partial charge is 0.303 e. The first kappa shape index (κ1) is 22.8. The normalized spacial score (nSPS) is 15.3. The van der Waals surface area contributed by atoms with Gasteiger partial charge in [-0.05, 0) is 56.0 Å². The Balaban J connectivity index is 1.35. The van der Waals surface area contributed by atoms with Crippen molar-refractivity contribution in [1.82, 2.24) is 4.90 Å². The molecule has 0 saturated carbocycles. The van der Waals surface area contributed by atoms with Gasteiger partial charge in [0.15, 0.2) is 0 Å². The van der Waals surface area contributed by atoms with Crippen LogP contribution in [0.15, 0.2) is 53.7 Å². The zero-order valence-corrected chi connectivity index (χ0v) is 18.3. The second kappa shape index (κ2) is 11.5. The maximum Gasteiger partial charge on any atom is 0.303 e. The zero-order valence-electron chi connectivity index (χ0n) is 18.3. The van der Waals surface area contributed by atoms with Gasteiger partial charge in [-0.2, -0.15) is 0 Å². The molecule has 1 fully saturated rings. The Hall–Kier alpha value is -2.86. The standard InChI is InChI=1S/C25H33N3O3/c1-20-5-11-23(12-6-20)28-18-16-27(17-19-28)15-3-2-4-21-7-9-22(10-8-21)24(26-31)13-14-25(29)30/h5-12,31H,2-4,13-19H2,1H3,(H,29,30)/b26-24-. The van der Waals surface area contributed by atoms with Crippen molar-refractivity contribution in [3.8, 4) is 0 Å². The molecule has 1 aliphatic heterocycles. The van der Waals surface area contributed by atoms with Crippen LogP contribution in [0, 0.1) is 6.92 Å². The molecule has 6 nitrogen and oxygen atoms in total. The van der Waals surface area contributed by atoms with E-state index in [0.717, 1.165) is 51.1 Å². The van der Waals surface area contributed by atoms with Gasteiger partial charge in [-0.1, -0.05) is 47.1 Å². The number of oxime groups is 1. The lowest BCUT2D eigenvalue weighted by Crippen LogP contribution is -2.46. The molecular weight excluding hydrogens is 390 g/mol. The summed E-state index contributed by atoms with van der Waals surface area (Å²) in [6.45, 7) is 7.65. The molecule has 1 saturated heterocycles. The van der Waals surface area contributed by atoms with Crippen molar-refractivity contribution in [3.63, 3.8) is 0 Å². The third kappa shape index (κ3) is 7.10. The van der Waals surface area contributed by atoms with E-state index in [1.165, 1.54) is 23.2 Å². The number of nitrogens with zero attached hydrogens (tertiary/aromatic N) is 3. The van der Waals surface area contributed by atoms with E-state index in [1.807, 2.05) is 24.3 Å². The second-order valence-electron chi connectivity index (χ2n) is 8.26. The van der Waals surface area contributed by atoms with Crippen LogP contribution in [-0.4, -0.2) is 59.6 Å². The highest BCUT2D eigenvalue weighted by molar-refractivity contribution is 6.01. The fourth-order valence-corrected chi connectivity index (χ4v) is 3.99. The molecule has 0 amide bonds. The van der Waals surface area contributed by atoms with Crippen LogP contribution in [0.1, 0.15) is 42.4 Å². The van der Waals surface area contributed by atoms with Gasteiger partial charge in [0.25, 0.3) is 0 Å². The molecule has 6 heteroatoms. The summed E-state index contributed by atoms with van der Waals surface area (Å²) in [6, 6.07) is 16.7. The highest BCUT2D eigenvalue weighted by Gasteiger charge is 2.16. The maximum atomic E-state index is 10.7. The second-order valence-corrected chi connectivity index (χ2v) is 8.26. The molecular formula is C25H33N3O3. The number of piperazine rings is 1. The number of carboxylic acids is 1. The lowest BCUT2D eigenvalue weighted by molar-refractivity contribution is -0.136. The van der Waals surface area contributed by atoms with E-state index in [1.54, 1.807) is 0 Å². The van der Waals surface area contributed by atoms with E-state index in [4.69, 9.17) is 10.3 Å². The monoisotopic (exact) mass is 423 g/mol. The van der Waals surface area contributed by atoms with Crippen LogP contribution < -0.4 is 4.90 Å². The molecule has 2 aromatic rings. The summed E-state index contributed by atoms with van der Waals surface area (Å²) >= 11 is 0. The molecule has 0 atom stereocenters. The third-order valence-corrected chi connectivity index (χ3v) is 5.94. The molecule has 1 aliphatic rings. The Bertz CT molecular complexity index is 855. The lowest BCUT2D eigenvalue weighted by Gasteiger charge is -2.36. The molecule has 0 unspecified atom stereocenters. The Morgan fingerprint density at radius 3 is 2.23 bits per heavy atom. The van der Waals surface area contributed by atoms with Crippen molar-refractivity contribution in [3.05, 3.63) is 65.2 Å². The molecule has 0 aliphatic carbocycles. The van der Waals surface area contributed by atoms with Gasteiger partial charge in [0.2, 0.25) is 0 Å². The predicted molar refractivity (Wildman–Crippen MR) is 124 cm³/mol. The molecule has 0 spiro atoms. The van der Waals surface area contributed by atoms with Crippen molar-refractivity contribution in [2.75, 3.05) is 37.6 Å². The first-order valence-electron chi connectivity index (χ1n) is 11.1. The zero-order chi connectivity index (χ0) is 22.1. The first-order chi connectivity index (χ1) is 15.0. The lowest BCUT2D eigenvalue weighted by atomic mass is 10.0. The van der Waals surface area contributed by atoms with Crippen LogP contribution in [-0.2, 0) is 11.2 Å². The minimum absolute atomic E-state index is 0.0412. The Morgan fingerprint density at radius 1 is 0.935 bits per heavy atom. The molecule has 2 N–H and O–H groups in total. The number of aliphatic carboxylic acids is 1. The molecule has 31 heavy (non-hydrogen) atoms. The molecule has 0 radical (unpaired) electrons. The predicted octanol–water partition coefficient (Wildman–Crippen LogP) is 4.18. The SMILES string of the molecule is Cc1ccc(N2CCN(CCCCc3ccc(/C(CCC(=O)O)=N\O)cc3)CC2)cc1. The highest BCUT2D eigenvalue weighted by atomic mass is 16.4. The summed E-state index contributed by atoms with van der Waals surface area (Å²) in [5.74, 6) is -0.894. The van der Waals surface area contributed by atoms with E-state index >= 15 is 0 Å². The summed E-state index contributed by atoms with van der Waals surface area (Å²) in [6.07, 6.45) is 3.51. The molecule has 0 aromatic heterocycles. The molecule has 2 aromatic carbocycles. The van der Waals surface area contributed by atoms with Gasteiger partial charge in [-0.3, -0.25) is 9.69 Å². The summed E-state index contributed by atoms with van der Waals surface area (Å²) in [4.78, 5) is 15.7. The number of benzene rings is 2. The third-order valence-electron chi connectivity index (χ3n) is 5.94. The molecule has 166 valence electrons. The Labute approximate surface area is 184 Å². The van der Waals surface area contributed by atoms with E-state index < -0.39 is 5.97 Å². The summed E-state index contributed by atoms with van der Waals surface area (Å²) < 4.78 is 0. The number of hydrogen-bond donors (Lipinski definition) is 2. The number of rotatable bonds is 10. The van der Waals surface area contributed by atoms with Gasteiger partial charge < -0.3 is 15.2 Å². The van der Waals surface area contributed by atoms with Gasteiger partial charge in [0.05, 0.1) is 12.1 Å². The largest absolute Gasteiger partial charge is 0.481 e. The van der Waals surface area contributed by atoms with E-state index in [2.05, 4.69) is 46.1 Å². The van der Waals surface area contributed by atoms with Gasteiger partial charge in [0.1, 0.15) is 0 Å². The van der Waals surface area contributed by atoms with Crippen LogP contribution in [0.3, 0.4) is 0 Å². The fourth-order valence-electron chi connectivity index (χ4n) is 3.99. The number of aryl methyl sites for hydroxylation is 2. The highest BCUT2D eigenvalue weighted by Crippen LogP contribution is 2.17. The van der Waals surface area contributed by atoms with E-state index in [9.17, 15) is 4.79 Å². The van der Waals surface area contributed by atoms with Gasteiger partial charge in [0, 0.05) is 38.3 Å².